The van der Waals surface area contributed by atoms with Gasteiger partial charge in [0.05, 0.1) is 11.0 Å². The molecule has 1 aliphatic carbocycles. The van der Waals surface area contributed by atoms with Gasteiger partial charge < -0.3 is 5.32 Å². The van der Waals surface area contributed by atoms with Gasteiger partial charge in [0.25, 0.3) is 5.69 Å². The molecular formula is C11H9F3N2O3. The minimum absolute atomic E-state index is 0.202. The van der Waals surface area contributed by atoms with Gasteiger partial charge in [-0.15, -0.1) is 0 Å². The zero-order valence-electron chi connectivity index (χ0n) is 9.53. The highest BCUT2D eigenvalue weighted by atomic mass is 19.4. The van der Waals surface area contributed by atoms with Crippen LogP contribution in [0.15, 0.2) is 18.2 Å². The summed E-state index contributed by atoms with van der Waals surface area (Å²) in [7, 11) is 0. The van der Waals surface area contributed by atoms with Gasteiger partial charge >= 0.3 is 12.1 Å². The number of carbonyl (C=O) groups is 1. The highest BCUT2D eigenvalue weighted by molar-refractivity contribution is 5.82. The molecule has 0 unspecified atom stereocenters. The lowest BCUT2D eigenvalue weighted by Crippen LogP contribution is -2.38. The molecule has 5 nitrogen and oxygen atoms in total. The van der Waals surface area contributed by atoms with Crippen molar-refractivity contribution in [2.75, 3.05) is 0 Å². The van der Waals surface area contributed by atoms with Crippen molar-refractivity contribution in [2.45, 2.75) is 25.1 Å². The molecule has 1 N–H and O–H groups in total. The van der Waals surface area contributed by atoms with Gasteiger partial charge in [0.15, 0.2) is 0 Å². The van der Waals surface area contributed by atoms with Gasteiger partial charge in [0, 0.05) is 12.1 Å². The SMILES string of the molecule is O=C(N[C@H]1CCc2ccc([N+](=O)[O-])cc21)C(F)(F)F. The second kappa shape index (κ2) is 4.52. The topological polar surface area (TPSA) is 72.2 Å². The predicted molar refractivity (Wildman–Crippen MR) is 58.4 cm³/mol. The van der Waals surface area contributed by atoms with Crippen LogP contribution in [0.1, 0.15) is 23.6 Å². The Morgan fingerprint density at radius 1 is 1.42 bits per heavy atom. The van der Waals surface area contributed by atoms with Gasteiger partial charge in [-0.3, -0.25) is 14.9 Å². The van der Waals surface area contributed by atoms with E-state index in [0.29, 0.717) is 18.4 Å². The Balaban J connectivity index is 2.23. The van der Waals surface area contributed by atoms with E-state index in [1.807, 2.05) is 5.32 Å². The number of benzene rings is 1. The number of nitro benzene ring substituents is 1. The molecule has 0 aromatic heterocycles. The Morgan fingerprint density at radius 3 is 2.68 bits per heavy atom. The number of alkyl halides is 3. The maximum absolute atomic E-state index is 12.2. The van der Waals surface area contributed by atoms with Crippen molar-refractivity contribution >= 4 is 11.6 Å². The summed E-state index contributed by atoms with van der Waals surface area (Å²) in [5.74, 6) is -2.03. The van der Waals surface area contributed by atoms with Gasteiger partial charge in [-0.25, -0.2) is 0 Å². The van der Waals surface area contributed by atoms with Gasteiger partial charge in [0.2, 0.25) is 0 Å². The number of fused-ring (bicyclic) bond motifs is 1. The number of hydrogen-bond acceptors (Lipinski definition) is 3. The van der Waals surface area contributed by atoms with Gasteiger partial charge in [-0.2, -0.15) is 13.2 Å². The summed E-state index contributed by atoms with van der Waals surface area (Å²) in [5.41, 5.74) is 0.900. The number of carbonyl (C=O) groups excluding carboxylic acids is 1. The van der Waals surface area contributed by atoms with Crippen molar-refractivity contribution in [1.29, 1.82) is 0 Å². The molecule has 0 bridgehead atoms. The first-order valence-electron chi connectivity index (χ1n) is 5.44. The van der Waals surface area contributed by atoms with Crippen molar-refractivity contribution in [3.63, 3.8) is 0 Å². The smallest absolute Gasteiger partial charge is 0.341 e. The summed E-state index contributed by atoms with van der Waals surface area (Å²) in [6.45, 7) is 0. The standard InChI is InChI=1S/C11H9F3N2O3/c12-11(13,14)10(17)15-9-4-2-6-1-3-7(16(18)19)5-8(6)9/h1,3,5,9H,2,4H2,(H,15,17)/t9-/m0/s1. The maximum Gasteiger partial charge on any atom is 0.471 e. The summed E-state index contributed by atoms with van der Waals surface area (Å²) in [4.78, 5) is 20.9. The third kappa shape index (κ3) is 2.67. The van der Waals surface area contributed by atoms with Gasteiger partial charge in [-0.1, -0.05) is 6.07 Å². The lowest BCUT2D eigenvalue weighted by molar-refractivity contribution is -0.384. The largest absolute Gasteiger partial charge is 0.471 e. The van der Waals surface area contributed by atoms with E-state index < -0.39 is 23.0 Å². The Bertz CT molecular complexity index is 542. The minimum atomic E-state index is -4.95. The van der Waals surface area contributed by atoms with E-state index in [1.54, 1.807) is 0 Å². The molecule has 1 amide bonds. The normalized spacial score (nSPS) is 17.9. The lowest BCUT2D eigenvalue weighted by atomic mass is 10.1. The first-order chi connectivity index (χ1) is 8.79. The molecule has 8 heteroatoms. The number of nitrogens with one attached hydrogen (secondary N) is 1. The van der Waals surface area contributed by atoms with Crippen LogP contribution in [-0.2, 0) is 11.2 Å². The molecule has 0 aliphatic heterocycles. The van der Waals surface area contributed by atoms with Crippen molar-refractivity contribution in [3.05, 3.63) is 39.4 Å². The van der Waals surface area contributed by atoms with Crippen molar-refractivity contribution in [3.8, 4) is 0 Å². The molecule has 1 aromatic carbocycles. The number of amides is 1. The van der Waals surface area contributed by atoms with Crippen molar-refractivity contribution in [2.24, 2.45) is 0 Å². The van der Waals surface area contributed by atoms with Crippen LogP contribution in [0.4, 0.5) is 18.9 Å². The molecule has 1 aromatic rings. The highest BCUT2D eigenvalue weighted by Gasteiger charge is 2.40. The van der Waals surface area contributed by atoms with E-state index >= 15 is 0 Å². The third-order valence-corrected chi connectivity index (χ3v) is 2.98. The van der Waals surface area contributed by atoms with Crippen molar-refractivity contribution in [1.82, 2.24) is 5.32 Å². The molecule has 0 heterocycles. The molecular weight excluding hydrogens is 265 g/mol. The quantitative estimate of drug-likeness (QED) is 0.664. The Morgan fingerprint density at radius 2 is 2.11 bits per heavy atom. The average molecular weight is 274 g/mol. The van der Waals surface area contributed by atoms with E-state index in [0.717, 1.165) is 5.56 Å². The molecule has 102 valence electrons. The van der Waals surface area contributed by atoms with Crippen LogP contribution in [0.3, 0.4) is 0 Å². The number of nitrogens with zero attached hydrogens (tertiary/aromatic N) is 1. The third-order valence-electron chi connectivity index (χ3n) is 2.98. The first-order valence-corrected chi connectivity index (χ1v) is 5.44. The van der Waals surface area contributed by atoms with E-state index in [-0.39, 0.29) is 5.69 Å². The maximum atomic E-state index is 12.2. The first kappa shape index (κ1) is 13.3. The van der Waals surface area contributed by atoms with Crippen molar-refractivity contribution < 1.29 is 22.9 Å². The van der Waals surface area contributed by atoms with E-state index in [1.165, 1.54) is 18.2 Å². The van der Waals surface area contributed by atoms with Crippen LogP contribution in [0, 0.1) is 10.1 Å². The second-order valence-corrected chi connectivity index (χ2v) is 4.20. The van der Waals surface area contributed by atoms with Gasteiger partial charge in [-0.05, 0) is 24.0 Å². The van der Waals surface area contributed by atoms with Gasteiger partial charge in [0.1, 0.15) is 0 Å². The summed E-state index contributed by atoms with van der Waals surface area (Å²) in [5, 5.41) is 12.5. The molecule has 0 fully saturated rings. The number of non-ortho nitro benzene ring substituents is 1. The molecule has 1 atom stereocenters. The van der Waals surface area contributed by atoms with E-state index in [2.05, 4.69) is 0 Å². The van der Waals surface area contributed by atoms with Crippen LogP contribution >= 0.6 is 0 Å². The minimum Gasteiger partial charge on any atom is -0.341 e. The lowest BCUT2D eigenvalue weighted by Gasteiger charge is -2.15. The summed E-state index contributed by atoms with van der Waals surface area (Å²) < 4.78 is 36.5. The predicted octanol–water partition coefficient (Wildman–Crippen LogP) is 2.26. The summed E-state index contributed by atoms with van der Waals surface area (Å²) in [6.07, 6.45) is -4.17. The Labute approximate surface area is 105 Å². The number of nitro groups is 1. The number of halogens is 3. The molecule has 1 aliphatic rings. The molecule has 0 spiro atoms. The Hall–Kier alpha value is -2.12. The fourth-order valence-electron chi connectivity index (χ4n) is 2.09. The van der Waals surface area contributed by atoms with E-state index in [4.69, 9.17) is 0 Å². The molecule has 0 radical (unpaired) electrons. The zero-order chi connectivity index (χ0) is 14.2. The van der Waals surface area contributed by atoms with Crippen LogP contribution < -0.4 is 5.32 Å². The van der Waals surface area contributed by atoms with Crippen LogP contribution in [0.2, 0.25) is 0 Å². The number of rotatable bonds is 2. The summed E-state index contributed by atoms with van der Waals surface area (Å²) >= 11 is 0. The Kier molecular flexibility index (Phi) is 3.17. The fourth-order valence-corrected chi connectivity index (χ4v) is 2.09. The number of hydrogen-bond donors (Lipinski definition) is 1. The van der Waals surface area contributed by atoms with Crippen LogP contribution in [0.25, 0.3) is 0 Å². The second-order valence-electron chi connectivity index (χ2n) is 4.20. The molecule has 19 heavy (non-hydrogen) atoms. The van der Waals surface area contributed by atoms with E-state index in [9.17, 15) is 28.1 Å². The summed E-state index contributed by atoms with van der Waals surface area (Å²) in [6, 6.07) is 3.19. The molecule has 0 saturated heterocycles. The number of aryl methyl sites for hydroxylation is 1. The monoisotopic (exact) mass is 274 g/mol. The molecule has 0 saturated carbocycles. The average Bonchev–Trinajstić information content (AvgIpc) is 2.70. The van der Waals surface area contributed by atoms with Crippen LogP contribution in [-0.4, -0.2) is 17.0 Å². The highest BCUT2D eigenvalue weighted by Crippen LogP contribution is 2.34. The fraction of sp³-hybridized carbons (Fsp3) is 0.364. The van der Waals surface area contributed by atoms with Crippen LogP contribution in [0.5, 0.6) is 0 Å². The molecule has 2 rings (SSSR count). The zero-order valence-corrected chi connectivity index (χ0v) is 9.53.